The summed E-state index contributed by atoms with van der Waals surface area (Å²) >= 11 is 0. The minimum absolute atomic E-state index is 0.663. The Hall–Kier alpha value is -1.38. The van der Waals surface area contributed by atoms with Crippen molar-refractivity contribution in [2.45, 2.75) is 13.3 Å². The van der Waals surface area contributed by atoms with Crippen molar-refractivity contribution in [1.82, 2.24) is 4.98 Å². The van der Waals surface area contributed by atoms with Gasteiger partial charge >= 0.3 is 0 Å². The van der Waals surface area contributed by atoms with E-state index in [1.54, 1.807) is 18.6 Å². The second-order valence-electron chi connectivity index (χ2n) is 2.35. The molecule has 1 heterocycles. The summed E-state index contributed by atoms with van der Waals surface area (Å²) in [7, 11) is 0. The molecule has 12 heavy (non-hydrogen) atoms. The van der Waals surface area contributed by atoms with Crippen molar-refractivity contribution in [2.24, 2.45) is 5.16 Å². The first-order valence-electron chi connectivity index (χ1n) is 3.99. The summed E-state index contributed by atoms with van der Waals surface area (Å²) in [5, 5.41) is 3.77. The number of aromatic nitrogens is 1. The van der Waals surface area contributed by atoms with E-state index < -0.39 is 0 Å². The van der Waals surface area contributed by atoms with Gasteiger partial charge in [0.2, 0.25) is 0 Å². The summed E-state index contributed by atoms with van der Waals surface area (Å²) in [6.45, 7) is 2.70. The molecule has 0 bridgehead atoms. The van der Waals surface area contributed by atoms with Crippen molar-refractivity contribution >= 4 is 6.21 Å². The second-order valence-corrected chi connectivity index (χ2v) is 2.35. The molecule has 3 nitrogen and oxygen atoms in total. The molecule has 0 aromatic carbocycles. The van der Waals surface area contributed by atoms with Crippen molar-refractivity contribution < 1.29 is 4.84 Å². The SMILES string of the molecule is CCCO/N=C/c1cccnc1. The molecule has 0 unspecified atom stereocenters. The highest BCUT2D eigenvalue weighted by Crippen LogP contribution is 1.91. The summed E-state index contributed by atoms with van der Waals surface area (Å²) in [5.41, 5.74) is 0.952. The van der Waals surface area contributed by atoms with Crippen LogP contribution in [0.3, 0.4) is 0 Å². The summed E-state index contributed by atoms with van der Waals surface area (Å²) in [5.74, 6) is 0. The maximum absolute atomic E-state index is 4.93. The van der Waals surface area contributed by atoms with Crippen LogP contribution in [0.25, 0.3) is 0 Å². The third-order valence-electron chi connectivity index (χ3n) is 1.26. The Morgan fingerprint density at radius 1 is 1.67 bits per heavy atom. The lowest BCUT2D eigenvalue weighted by Crippen LogP contribution is -1.86. The topological polar surface area (TPSA) is 34.5 Å². The molecule has 0 fully saturated rings. The zero-order valence-corrected chi connectivity index (χ0v) is 7.10. The predicted molar refractivity (Wildman–Crippen MR) is 48.1 cm³/mol. The van der Waals surface area contributed by atoms with E-state index in [2.05, 4.69) is 10.1 Å². The van der Waals surface area contributed by atoms with Gasteiger partial charge in [0.1, 0.15) is 6.61 Å². The van der Waals surface area contributed by atoms with Gasteiger partial charge in [0.25, 0.3) is 0 Å². The molecule has 0 amide bonds. The molecular weight excluding hydrogens is 152 g/mol. The van der Waals surface area contributed by atoms with E-state index in [-0.39, 0.29) is 0 Å². The number of oxime groups is 1. The van der Waals surface area contributed by atoms with E-state index in [1.807, 2.05) is 19.1 Å². The highest BCUT2D eigenvalue weighted by Gasteiger charge is 1.83. The quantitative estimate of drug-likeness (QED) is 0.386. The Morgan fingerprint density at radius 2 is 2.58 bits per heavy atom. The summed E-state index contributed by atoms with van der Waals surface area (Å²) in [6.07, 6.45) is 6.09. The summed E-state index contributed by atoms with van der Waals surface area (Å²) < 4.78 is 0. The Kier molecular flexibility index (Phi) is 3.84. The van der Waals surface area contributed by atoms with Gasteiger partial charge < -0.3 is 4.84 Å². The summed E-state index contributed by atoms with van der Waals surface area (Å²) in [4.78, 5) is 8.87. The number of pyridine rings is 1. The fourth-order valence-corrected chi connectivity index (χ4v) is 0.694. The van der Waals surface area contributed by atoms with Crippen LogP contribution in [0.4, 0.5) is 0 Å². The lowest BCUT2D eigenvalue weighted by atomic mass is 10.3. The Morgan fingerprint density at radius 3 is 3.25 bits per heavy atom. The van der Waals surface area contributed by atoms with Gasteiger partial charge in [-0.05, 0) is 12.5 Å². The maximum Gasteiger partial charge on any atom is 0.116 e. The molecule has 0 aliphatic heterocycles. The molecule has 1 aromatic heterocycles. The van der Waals surface area contributed by atoms with Crippen LogP contribution in [0.2, 0.25) is 0 Å². The van der Waals surface area contributed by atoms with Gasteiger partial charge in [-0.3, -0.25) is 4.98 Å². The summed E-state index contributed by atoms with van der Waals surface area (Å²) in [6, 6.07) is 3.78. The van der Waals surface area contributed by atoms with Gasteiger partial charge in [-0.1, -0.05) is 18.1 Å². The number of rotatable bonds is 4. The zero-order valence-electron chi connectivity index (χ0n) is 7.10. The molecule has 0 saturated heterocycles. The van der Waals surface area contributed by atoms with E-state index in [4.69, 9.17) is 4.84 Å². The molecule has 0 saturated carbocycles. The third-order valence-corrected chi connectivity index (χ3v) is 1.26. The van der Waals surface area contributed by atoms with Crippen LogP contribution in [0.1, 0.15) is 18.9 Å². The van der Waals surface area contributed by atoms with E-state index in [0.717, 1.165) is 12.0 Å². The van der Waals surface area contributed by atoms with E-state index in [1.165, 1.54) is 0 Å². The van der Waals surface area contributed by atoms with Crippen molar-refractivity contribution in [3.05, 3.63) is 30.1 Å². The van der Waals surface area contributed by atoms with Crippen molar-refractivity contribution in [3.8, 4) is 0 Å². The Labute approximate surface area is 72.1 Å². The van der Waals surface area contributed by atoms with Gasteiger partial charge in [0, 0.05) is 18.0 Å². The number of nitrogens with zero attached hydrogens (tertiary/aromatic N) is 2. The first-order chi connectivity index (χ1) is 5.93. The minimum atomic E-state index is 0.663. The van der Waals surface area contributed by atoms with Crippen LogP contribution in [0, 0.1) is 0 Å². The monoisotopic (exact) mass is 164 g/mol. The Bertz CT molecular complexity index is 234. The van der Waals surface area contributed by atoms with E-state index in [9.17, 15) is 0 Å². The molecule has 64 valence electrons. The molecule has 0 radical (unpaired) electrons. The molecule has 0 aliphatic carbocycles. The van der Waals surface area contributed by atoms with Gasteiger partial charge in [-0.25, -0.2) is 0 Å². The molecule has 1 rings (SSSR count). The molecule has 0 atom stereocenters. The molecule has 0 N–H and O–H groups in total. The highest BCUT2D eigenvalue weighted by molar-refractivity contribution is 5.78. The largest absolute Gasteiger partial charge is 0.396 e. The fourth-order valence-electron chi connectivity index (χ4n) is 0.694. The van der Waals surface area contributed by atoms with E-state index in [0.29, 0.717) is 6.61 Å². The molecule has 0 spiro atoms. The van der Waals surface area contributed by atoms with Gasteiger partial charge in [-0.15, -0.1) is 0 Å². The van der Waals surface area contributed by atoms with Crippen LogP contribution in [0.5, 0.6) is 0 Å². The lowest BCUT2D eigenvalue weighted by Gasteiger charge is -1.93. The molecule has 1 aromatic rings. The predicted octanol–water partition coefficient (Wildman–Crippen LogP) is 1.84. The fraction of sp³-hybridized carbons (Fsp3) is 0.333. The normalized spacial score (nSPS) is 10.4. The zero-order chi connectivity index (χ0) is 8.65. The first kappa shape index (κ1) is 8.71. The van der Waals surface area contributed by atoms with Crippen molar-refractivity contribution in [3.63, 3.8) is 0 Å². The molecular formula is C9H12N2O. The van der Waals surface area contributed by atoms with Gasteiger partial charge in [-0.2, -0.15) is 0 Å². The average molecular weight is 164 g/mol. The molecule has 0 aliphatic rings. The maximum atomic E-state index is 4.93. The van der Waals surface area contributed by atoms with Crippen LogP contribution < -0.4 is 0 Å². The number of hydrogen-bond donors (Lipinski definition) is 0. The van der Waals surface area contributed by atoms with Crippen LogP contribution in [-0.2, 0) is 4.84 Å². The highest BCUT2D eigenvalue weighted by atomic mass is 16.6. The second kappa shape index (κ2) is 5.29. The third kappa shape index (κ3) is 3.14. The average Bonchev–Trinajstić information content (AvgIpc) is 2.14. The smallest absolute Gasteiger partial charge is 0.116 e. The van der Waals surface area contributed by atoms with E-state index >= 15 is 0 Å². The Balaban J connectivity index is 2.36. The van der Waals surface area contributed by atoms with Gasteiger partial charge in [0.05, 0.1) is 6.21 Å². The van der Waals surface area contributed by atoms with Crippen molar-refractivity contribution in [1.29, 1.82) is 0 Å². The lowest BCUT2D eigenvalue weighted by molar-refractivity contribution is 0.146. The van der Waals surface area contributed by atoms with Crippen LogP contribution in [-0.4, -0.2) is 17.8 Å². The van der Waals surface area contributed by atoms with Crippen LogP contribution in [0.15, 0.2) is 29.7 Å². The standard InChI is InChI=1S/C9H12N2O/c1-2-6-12-11-8-9-4-3-5-10-7-9/h3-5,7-8H,2,6H2,1H3/b11-8+. The molecule has 3 heteroatoms. The van der Waals surface area contributed by atoms with Crippen molar-refractivity contribution in [2.75, 3.05) is 6.61 Å². The van der Waals surface area contributed by atoms with Crippen LogP contribution >= 0.6 is 0 Å². The minimum Gasteiger partial charge on any atom is -0.396 e. The first-order valence-corrected chi connectivity index (χ1v) is 3.99. The van der Waals surface area contributed by atoms with Gasteiger partial charge in [0.15, 0.2) is 0 Å². The number of hydrogen-bond acceptors (Lipinski definition) is 3.